The summed E-state index contributed by atoms with van der Waals surface area (Å²) in [6, 6.07) is 13.5. The number of fused-ring (bicyclic) bond motifs is 1. The number of H-pyrrole nitrogens is 1. The summed E-state index contributed by atoms with van der Waals surface area (Å²) >= 11 is 12.9. The van der Waals surface area contributed by atoms with Gasteiger partial charge in [-0.1, -0.05) is 47.1 Å². The molecule has 0 saturated carbocycles. The number of hydrogen-bond donors (Lipinski definition) is 2. The van der Waals surface area contributed by atoms with Crippen LogP contribution in [0.3, 0.4) is 0 Å². The third-order valence-electron chi connectivity index (χ3n) is 3.83. The SMILES string of the molecule is O=C(CSc1nnc2[nH]c(=O)c(-c3ccc(Cl)cc3)nn12)Nc1ccc(Cl)cc1. The number of thioether (sulfide) groups is 1. The highest BCUT2D eigenvalue weighted by atomic mass is 35.5. The number of nitrogens with zero attached hydrogens (tertiary/aromatic N) is 4. The molecule has 0 unspecified atom stereocenters. The third kappa shape index (κ3) is 4.42. The molecule has 2 aromatic carbocycles. The van der Waals surface area contributed by atoms with Gasteiger partial charge in [-0.3, -0.25) is 14.6 Å². The van der Waals surface area contributed by atoms with Crippen LogP contribution in [0.4, 0.5) is 5.69 Å². The van der Waals surface area contributed by atoms with Crippen molar-refractivity contribution < 1.29 is 4.79 Å². The Balaban J connectivity index is 1.54. The molecule has 0 bridgehead atoms. The Kier molecular flexibility index (Phi) is 5.52. The second-order valence-electron chi connectivity index (χ2n) is 5.87. The van der Waals surface area contributed by atoms with E-state index in [-0.39, 0.29) is 23.1 Å². The molecular weight excluding hydrogens is 435 g/mol. The van der Waals surface area contributed by atoms with Crippen LogP contribution in [0, 0.1) is 0 Å². The van der Waals surface area contributed by atoms with Crippen molar-refractivity contribution in [3.63, 3.8) is 0 Å². The van der Waals surface area contributed by atoms with E-state index in [0.717, 1.165) is 11.8 Å². The number of aromatic nitrogens is 5. The maximum Gasteiger partial charge on any atom is 0.279 e. The summed E-state index contributed by atoms with van der Waals surface area (Å²) in [7, 11) is 0. The Morgan fingerprint density at radius 1 is 1.03 bits per heavy atom. The van der Waals surface area contributed by atoms with E-state index in [0.29, 0.717) is 26.5 Å². The van der Waals surface area contributed by atoms with E-state index in [4.69, 9.17) is 23.2 Å². The zero-order chi connectivity index (χ0) is 20.4. The molecular formula is C18H12Cl2N6O2S. The highest BCUT2D eigenvalue weighted by molar-refractivity contribution is 7.99. The first-order valence-corrected chi connectivity index (χ1v) is 10.0. The number of benzene rings is 2. The van der Waals surface area contributed by atoms with Gasteiger partial charge >= 0.3 is 0 Å². The van der Waals surface area contributed by atoms with Crippen molar-refractivity contribution >= 4 is 52.3 Å². The normalized spacial score (nSPS) is 11.0. The molecule has 29 heavy (non-hydrogen) atoms. The molecule has 2 N–H and O–H groups in total. The molecule has 0 aliphatic carbocycles. The number of carbonyl (C=O) groups excluding carboxylic acids is 1. The van der Waals surface area contributed by atoms with Crippen molar-refractivity contribution in [3.8, 4) is 11.3 Å². The summed E-state index contributed by atoms with van der Waals surface area (Å²) in [5.74, 6) is 0.0466. The van der Waals surface area contributed by atoms with Gasteiger partial charge in [-0.15, -0.1) is 10.2 Å². The van der Waals surface area contributed by atoms with Crippen LogP contribution < -0.4 is 10.9 Å². The van der Waals surface area contributed by atoms with Crippen LogP contribution in [0.25, 0.3) is 17.0 Å². The van der Waals surface area contributed by atoms with Gasteiger partial charge in [0, 0.05) is 21.3 Å². The van der Waals surface area contributed by atoms with Gasteiger partial charge in [-0.05, 0) is 36.4 Å². The topological polar surface area (TPSA) is 105 Å². The van der Waals surface area contributed by atoms with Gasteiger partial charge in [0.05, 0.1) is 5.75 Å². The van der Waals surface area contributed by atoms with Crippen LogP contribution in [-0.2, 0) is 4.79 Å². The molecule has 0 atom stereocenters. The van der Waals surface area contributed by atoms with Gasteiger partial charge in [0.1, 0.15) is 0 Å². The lowest BCUT2D eigenvalue weighted by Gasteiger charge is -2.05. The maximum atomic E-state index is 12.3. The minimum Gasteiger partial charge on any atom is -0.325 e. The first-order valence-electron chi connectivity index (χ1n) is 8.29. The Bertz CT molecular complexity index is 1240. The second kappa shape index (κ2) is 8.24. The summed E-state index contributed by atoms with van der Waals surface area (Å²) in [6.45, 7) is 0. The average Bonchev–Trinajstić information content (AvgIpc) is 3.10. The van der Waals surface area contributed by atoms with E-state index < -0.39 is 5.56 Å². The molecule has 2 heterocycles. The molecule has 146 valence electrons. The van der Waals surface area contributed by atoms with Crippen molar-refractivity contribution in [1.29, 1.82) is 0 Å². The monoisotopic (exact) mass is 446 g/mol. The summed E-state index contributed by atoms with van der Waals surface area (Å²) in [4.78, 5) is 27.1. The number of aromatic amines is 1. The first kappa shape index (κ1) is 19.4. The molecule has 0 radical (unpaired) electrons. The highest BCUT2D eigenvalue weighted by Gasteiger charge is 2.14. The van der Waals surface area contributed by atoms with Gasteiger partial charge in [0.15, 0.2) is 5.69 Å². The van der Waals surface area contributed by atoms with Crippen molar-refractivity contribution in [2.75, 3.05) is 11.1 Å². The maximum absolute atomic E-state index is 12.3. The summed E-state index contributed by atoms with van der Waals surface area (Å²) in [6.07, 6.45) is 0. The lowest BCUT2D eigenvalue weighted by atomic mass is 10.2. The second-order valence-corrected chi connectivity index (χ2v) is 7.69. The van der Waals surface area contributed by atoms with Crippen LogP contribution in [0.1, 0.15) is 0 Å². The number of nitrogens with one attached hydrogen (secondary N) is 2. The van der Waals surface area contributed by atoms with Crippen LogP contribution in [0.15, 0.2) is 58.5 Å². The largest absolute Gasteiger partial charge is 0.325 e. The molecule has 4 aromatic rings. The molecule has 11 heteroatoms. The molecule has 0 aliphatic rings. The Labute approximate surface area is 178 Å². The van der Waals surface area contributed by atoms with E-state index in [1.807, 2.05) is 0 Å². The molecule has 8 nitrogen and oxygen atoms in total. The van der Waals surface area contributed by atoms with Crippen LogP contribution in [-0.4, -0.2) is 36.5 Å². The molecule has 0 aliphatic heterocycles. The fourth-order valence-electron chi connectivity index (χ4n) is 2.49. The smallest absolute Gasteiger partial charge is 0.279 e. The fourth-order valence-corrected chi connectivity index (χ4v) is 3.42. The van der Waals surface area contributed by atoms with E-state index in [9.17, 15) is 9.59 Å². The zero-order valence-corrected chi connectivity index (χ0v) is 16.9. The Morgan fingerprint density at radius 3 is 2.38 bits per heavy atom. The number of rotatable bonds is 5. The van der Waals surface area contributed by atoms with Gasteiger partial charge < -0.3 is 5.32 Å². The molecule has 0 spiro atoms. The van der Waals surface area contributed by atoms with Crippen LogP contribution >= 0.6 is 35.0 Å². The minimum absolute atomic E-state index is 0.0838. The fraction of sp³-hybridized carbons (Fsp3) is 0.0556. The van der Waals surface area contributed by atoms with Gasteiger partial charge in [-0.25, -0.2) is 0 Å². The van der Waals surface area contributed by atoms with Crippen molar-refractivity contribution in [2.24, 2.45) is 0 Å². The van der Waals surface area contributed by atoms with Gasteiger partial charge in [-0.2, -0.15) is 9.61 Å². The average molecular weight is 447 g/mol. The minimum atomic E-state index is -0.399. The molecule has 1 amide bonds. The lowest BCUT2D eigenvalue weighted by Crippen LogP contribution is -2.16. The number of amides is 1. The summed E-state index contributed by atoms with van der Waals surface area (Å²) in [5.41, 5.74) is 1.03. The van der Waals surface area contributed by atoms with Crippen LogP contribution in [0.2, 0.25) is 10.0 Å². The Morgan fingerprint density at radius 2 is 1.69 bits per heavy atom. The van der Waals surface area contributed by atoms with E-state index in [2.05, 4.69) is 25.6 Å². The number of hydrogen-bond acceptors (Lipinski definition) is 6. The molecule has 4 rings (SSSR count). The van der Waals surface area contributed by atoms with Crippen molar-refractivity contribution in [2.45, 2.75) is 5.16 Å². The van der Waals surface area contributed by atoms with E-state index in [1.165, 1.54) is 4.52 Å². The lowest BCUT2D eigenvalue weighted by molar-refractivity contribution is -0.113. The van der Waals surface area contributed by atoms with Gasteiger partial charge in [0.25, 0.3) is 11.3 Å². The Hall–Kier alpha value is -2.88. The van der Waals surface area contributed by atoms with Crippen molar-refractivity contribution in [1.82, 2.24) is 24.8 Å². The highest BCUT2D eigenvalue weighted by Crippen LogP contribution is 2.20. The predicted molar refractivity (Wildman–Crippen MR) is 113 cm³/mol. The van der Waals surface area contributed by atoms with Crippen LogP contribution in [0.5, 0.6) is 0 Å². The molecule has 2 aromatic heterocycles. The summed E-state index contributed by atoms with van der Waals surface area (Å²) in [5, 5.41) is 16.5. The van der Waals surface area contributed by atoms with Gasteiger partial charge in [0.2, 0.25) is 11.1 Å². The van der Waals surface area contributed by atoms with E-state index in [1.54, 1.807) is 48.5 Å². The predicted octanol–water partition coefficient (Wildman–Crippen LogP) is 3.52. The zero-order valence-electron chi connectivity index (χ0n) is 14.6. The molecule has 0 saturated heterocycles. The number of carbonyl (C=O) groups is 1. The molecule has 0 fully saturated rings. The third-order valence-corrected chi connectivity index (χ3v) is 5.25. The number of halogens is 2. The van der Waals surface area contributed by atoms with E-state index >= 15 is 0 Å². The quantitative estimate of drug-likeness (QED) is 0.454. The number of anilines is 1. The first-order chi connectivity index (χ1) is 14.0. The summed E-state index contributed by atoms with van der Waals surface area (Å²) < 4.78 is 1.39. The van der Waals surface area contributed by atoms with Crippen molar-refractivity contribution in [3.05, 3.63) is 68.9 Å². The standard InChI is InChI=1S/C18H12Cl2N6O2S/c19-11-3-1-10(2-4-11)15-16(28)22-17-23-24-18(26(17)25-15)29-9-14(27)21-13-7-5-12(20)6-8-13/h1-8H,9H2,(H,21,27)(H,22,23,28).